The summed E-state index contributed by atoms with van der Waals surface area (Å²) >= 11 is 0.984. The first-order valence-electron chi connectivity index (χ1n) is 5.83. The number of carbonyl (C=O) groups is 2. The number of aliphatic carboxylic acids is 1. The zero-order chi connectivity index (χ0) is 15.4. The molecule has 4 N–H and O–H groups in total. The van der Waals surface area contributed by atoms with Crippen LogP contribution in [0.25, 0.3) is 5.69 Å². The molecule has 0 saturated carbocycles. The molecule has 0 aliphatic carbocycles. The highest BCUT2D eigenvalue weighted by molar-refractivity contribution is 7.99. The fourth-order valence-corrected chi connectivity index (χ4v) is 2.35. The van der Waals surface area contributed by atoms with E-state index in [-0.39, 0.29) is 18.2 Å². The van der Waals surface area contributed by atoms with Gasteiger partial charge in [0.25, 0.3) is 0 Å². The van der Waals surface area contributed by atoms with Gasteiger partial charge in [0.15, 0.2) is 11.0 Å². The molecule has 2 rings (SSSR count). The van der Waals surface area contributed by atoms with Gasteiger partial charge in [-0.15, -0.1) is 10.2 Å². The van der Waals surface area contributed by atoms with Crippen LogP contribution in [0.3, 0.4) is 0 Å². The summed E-state index contributed by atoms with van der Waals surface area (Å²) in [5.74, 6) is -1.44. The predicted octanol–water partition coefficient (Wildman–Crippen LogP) is 0.0352. The van der Waals surface area contributed by atoms with Gasteiger partial charge < -0.3 is 15.9 Å². The van der Waals surface area contributed by atoms with Crippen molar-refractivity contribution in [3.05, 3.63) is 35.7 Å². The molecular formula is C12H12N4O4S. The fourth-order valence-electron chi connectivity index (χ4n) is 1.66. The summed E-state index contributed by atoms with van der Waals surface area (Å²) < 4.78 is 1.53. The minimum atomic E-state index is -0.982. The van der Waals surface area contributed by atoms with Gasteiger partial charge in [0.1, 0.15) is 6.61 Å². The van der Waals surface area contributed by atoms with Gasteiger partial charge in [0, 0.05) is 11.3 Å². The van der Waals surface area contributed by atoms with Crippen molar-refractivity contribution in [2.75, 3.05) is 5.75 Å². The molecule has 1 amide bonds. The largest absolute Gasteiger partial charge is 0.481 e. The number of aromatic nitrogens is 3. The van der Waals surface area contributed by atoms with E-state index in [1.54, 1.807) is 12.1 Å². The Morgan fingerprint density at radius 3 is 2.43 bits per heavy atom. The highest BCUT2D eigenvalue weighted by Crippen LogP contribution is 2.22. The van der Waals surface area contributed by atoms with E-state index in [1.807, 2.05) is 0 Å². The number of thioether (sulfide) groups is 1. The number of nitrogens with zero attached hydrogens (tertiary/aromatic N) is 3. The summed E-state index contributed by atoms with van der Waals surface area (Å²) in [6.45, 7) is -0.349. The zero-order valence-electron chi connectivity index (χ0n) is 10.8. The number of hydrogen-bond acceptors (Lipinski definition) is 6. The monoisotopic (exact) mass is 308 g/mol. The molecular weight excluding hydrogens is 296 g/mol. The van der Waals surface area contributed by atoms with Crippen LogP contribution < -0.4 is 5.73 Å². The number of primary amides is 1. The lowest BCUT2D eigenvalue weighted by molar-refractivity contribution is -0.133. The number of aliphatic hydroxyl groups is 1. The van der Waals surface area contributed by atoms with Crippen LogP contribution in [0.2, 0.25) is 0 Å². The molecule has 2 aromatic rings. The van der Waals surface area contributed by atoms with Crippen molar-refractivity contribution < 1.29 is 19.8 Å². The quantitative estimate of drug-likeness (QED) is 0.642. The number of hydrogen-bond donors (Lipinski definition) is 3. The molecule has 1 aromatic heterocycles. The van der Waals surface area contributed by atoms with E-state index < -0.39 is 11.9 Å². The maximum atomic E-state index is 11.0. The van der Waals surface area contributed by atoms with Crippen LogP contribution in [0.5, 0.6) is 0 Å². The lowest BCUT2D eigenvalue weighted by Crippen LogP contribution is -2.11. The van der Waals surface area contributed by atoms with Crippen molar-refractivity contribution in [3.8, 4) is 5.69 Å². The molecule has 9 heteroatoms. The second-order valence-corrected chi connectivity index (χ2v) is 4.93. The number of amides is 1. The smallest absolute Gasteiger partial charge is 0.313 e. The lowest BCUT2D eigenvalue weighted by atomic mass is 10.2. The van der Waals surface area contributed by atoms with E-state index in [0.29, 0.717) is 16.4 Å². The Morgan fingerprint density at radius 2 is 1.90 bits per heavy atom. The van der Waals surface area contributed by atoms with Gasteiger partial charge in [-0.05, 0) is 24.3 Å². The third-order valence-corrected chi connectivity index (χ3v) is 3.49. The van der Waals surface area contributed by atoms with Gasteiger partial charge in [-0.3, -0.25) is 14.2 Å². The average Bonchev–Trinajstić information content (AvgIpc) is 2.88. The molecule has 8 nitrogen and oxygen atoms in total. The van der Waals surface area contributed by atoms with E-state index in [4.69, 9.17) is 10.8 Å². The highest BCUT2D eigenvalue weighted by atomic mass is 32.2. The molecule has 0 fully saturated rings. The van der Waals surface area contributed by atoms with Crippen molar-refractivity contribution in [1.82, 2.24) is 14.8 Å². The van der Waals surface area contributed by atoms with Gasteiger partial charge in [-0.1, -0.05) is 11.8 Å². The minimum Gasteiger partial charge on any atom is -0.481 e. The topological polar surface area (TPSA) is 131 Å². The van der Waals surface area contributed by atoms with Crippen molar-refractivity contribution in [2.45, 2.75) is 11.8 Å². The third kappa shape index (κ3) is 3.38. The van der Waals surface area contributed by atoms with Crippen molar-refractivity contribution >= 4 is 23.6 Å². The molecule has 0 radical (unpaired) electrons. The Bertz CT molecular complexity index is 668. The summed E-state index contributed by atoms with van der Waals surface area (Å²) in [6.07, 6.45) is 0. The van der Waals surface area contributed by atoms with E-state index in [0.717, 1.165) is 11.8 Å². The summed E-state index contributed by atoms with van der Waals surface area (Å²) in [5.41, 5.74) is 6.11. The van der Waals surface area contributed by atoms with Gasteiger partial charge in [0.2, 0.25) is 5.91 Å². The molecule has 0 spiro atoms. The molecule has 0 aliphatic heterocycles. The molecule has 0 bridgehead atoms. The van der Waals surface area contributed by atoms with Crippen molar-refractivity contribution in [1.29, 1.82) is 0 Å². The molecule has 0 atom stereocenters. The van der Waals surface area contributed by atoms with Crippen LogP contribution in [-0.4, -0.2) is 42.6 Å². The minimum absolute atomic E-state index is 0.178. The molecule has 0 unspecified atom stereocenters. The Balaban J connectivity index is 2.38. The lowest BCUT2D eigenvalue weighted by Gasteiger charge is -2.08. The summed E-state index contributed by atoms with van der Waals surface area (Å²) in [5, 5.41) is 26.0. The van der Waals surface area contributed by atoms with E-state index in [2.05, 4.69) is 10.2 Å². The number of carboxylic acid groups (broad SMARTS) is 1. The van der Waals surface area contributed by atoms with Crippen LogP contribution >= 0.6 is 11.8 Å². The Morgan fingerprint density at radius 1 is 1.24 bits per heavy atom. The summed E-state index contributed by atoms with van der Waals surface area (Å²) in [7, 11) is 0. The van der Waals surface area contributed by atoms with Crippen LogP contribution in [-0.2, 0) is 11.4 Å². The molecule has 1 aromatic carbocycles. The summed E-state index contributed by atoms with van der Waals surface area (Å²) in [6, 6.07) is 6.30. The van der Waals surface area contributed by atoms with Crippen LogP contribution in [0.15, 0.2) is 29.4 Å². The first-order chi connectivity index (χ1) is 10.0. The number of rotatable bonds is 6. The van der Waals surface area contributed by atoms with E-state index in [1.165, 1.54) is 16.7 Å². The normalized spacial score (nSPS) is 10.5. The van der Waals surface area contributed by atoms with Gasteiger partial charge in [-0.2, -0.15) is 0 Å². The number of nitrogens with two attached hydrogens (primary N) is 1. The second-order valence-electron chi connectivity index (χ2n) is 3.99. The average molecular weight is 308 g/mol. The number of carboxylic acids is 1. The van der Waals surface area contributed by atoms with Crippen LogP contribution in [0, 0.1) is 0 Å². The number of aliphatic hydroxyl groups excluding tert-OH is 1. The molecule has 1 heterocycles. The van der Waals surface area contributed by atoms with Gasteiger partial charge in [-0.25, -0.2) is 0 Å². The van der Waals surface area contributed by atoms with E-state index in [9.17, 15) is 14.7 Å². The third-order valence-electron chi connectivity index (χ3n) is 2.58. The Kier molecular flexibility index (Phi) is 4.55. The maximum absolute atomic E-state index is 11.0. The fraction of sp³-hybridized carbons (Fsp3) is 0.167. The number of benzene rings is 1. The van der Waals surface area contributed by atoms with Crippen molar-refractivity contribution in [2.24, 2.45) is 5.73 Å². The first-order valence-corrected chi connectivity index (χ1v) is 6.81. The van der Waals surface area contributed by atoms with Crippen LogP contribution in [0.4, 0.5) is 0 Å². The Hall–Kier alpha value is -2.39. The van der Waals surface area contributed by atoms with Gasteiger partial charge >= 0.3 is 5.97 Å². The standard InChI is InChI=1S/C12H12N4O4S/c13-11(20)7-1-3-8(4-2-7)16-9(5-17)14-15-12(16)21-6-10(18)19/h1-4,17H,5-6H2,(H2,13,20)(H,18,19). The highest BCUT2D eigenvalue weighted by Gasteiger charge is 2.15. The van der Waals surface area contributed by atoms with E-state index >= 15 is 0 Å². The predicted molar refractivity (Wildman–Crippen MR) is 74.2 cm³/mol. The van der Waals surface area contributed by atoms with Crippen LogP contribution in [0.1, 0.15) is 16.2 Å². The second kappa shape index (κ2) is 6.37. The molecule has 0 saturated heterocycles. The Labute approximate surface area is 123 Å². The molecule has 21 heavy (non-hydrogen) atoms. The zero-order valence-corrected chi connectivity index (χ0v) is 11.6. The molecule has 110 valence electrons. The number of carbonyl (C=O) groups excluding carboxylic acids is 1. The SMILES string of the molecule is NC(=O)c1ccc(-n2c(CO)nnc2SCC(=O)O)cc1. The van der Waals surface area contributed by atoms with Gasteiger partial charge in [0.05, 0.1) is 5.75 Å². The van der Waals surface area contributed by atoms with Crippen molar-refractivity contribution in [3.63, 3.8) is 0 Å². The summed E-state index contributed by atoms with van der Waals surface area (Å²) in [4.78, 5) is 21.7. The molecule has 0 aliphatic rings. The maximum Gasteiger partial charge on any atom is 0.313 e. The first kappa shape index (κ1) is 15.0.